The van der Waals surface area contributed by atoms with Crippen molar-refractivity contribution >= 4 is 38.9 Å². The number of carbonyl (C=O) groups excluding carboxylic acids is 1. The average molecular weight is 435 g/mol. The minimum absolute atomic E-state index is 0.0865. The van der Waals surface area contributed by atoms with E-state index in [1.807, 2.05) is 0 Å². The van der Waals surface area contributed by atoms with Gasteiger partial charge in [0.05, 0.1) is 23.4 Å². The maximum atomic E-state index is 13.8. The minimum atomic E-state index is -4.10. The summed E-state index contributed by atoms with van der Waals surface area (Å²) in [5.41, 5.74) is 0.234. The van der Waals surface area contributed by atoms with Crippen molar-refractivity contribution < 1.29 is 22.3 Å². The van der Waals surface area contributed by atoms with Crippen LogP contribution >= 0.6 is 11.6 Å². The Bertz CT molecular complexity index is 1170. The van der Waals surface area contributed by atoms with Crippen LogP contribution in [0, 0.1) is 5.82 Å². The molecule has 0 spiro atoms. The smallest absolute Gasteiger partial charge is 0.262 e. The highest BCUT2D eigenvalue weighted by atomic mass is 35.5. The largest absolute Gasteiger partial charge is 0.495 e. The van der Waals surface area contributed by atoms with Crippen molar-refractivity contribution in [1.29, 1.82) is 0 Å². The van der Waals surface area contributed by atoms with E-state index in [1.54, 1.807) is 12.1 Å². The molecule has 6 nitrogen and oxygen atoms in total. The standard InChI is InChI=1S/C20H16ClFN2O4S/c1-28-19-10-9-14(21)12-18(19)23-20(25)13-5-4-6-15(11-13)29(26,27)24-17-8-3-2-7-16(17)22/h2-12,24H,1H3,(H,23,25). The second kappa shape index (κ2) is 8.50. The second-order valence-corrected chi connectivity index (χ2v) is 8.03. The maximum Gasteiger partial charge on any atom is 0.262 e. The van der Waals surface area contributed by atoms with Crippen LogP contribution in [0.4, 0.5) is 15.8 Å². The fraction of sp³-hybridized carbons (Fsp3) is 0.0500. The minimum Gasteiger partial charge on any atom is -0.495 e. The topological polar surface area (TPSA) is 84.5 Å². The van der Waals surface area contributed by atoms with E-state index in [1.165, 1.54) is 55.6 Å². The van der Waals surface area contributed by atoms with Gasteiger partial charge in [0.15, 0.2) is 0 Å². The summed E-state index contributed by atoms with van der Waals surface area (Å²) in [6.07, 6.45) is 0. The number of ether oxygens (including phenoxy) is 1. The number of sulfonamides is 1. The Balaban J connectivity index is 1.86. The quantitative estimate of drug-likeness (QED) is 0.596. The zero-order valence-corrected chi connectivity index (χ0v) is 16.7. The molecule has 0 heterocycles. The van der Waals surface area contributed by atoms with Gasteiger partial charge in [0.25, 0.3) is 15.9 Å². The summed E-state index contributed by atoms with van der Waals surface area (Å²) in [6.45, 7) is 0. The van der Waals surface area contributed by atoms with Crippen LogP contribution in [0.5, 0.6) is 5.75 Å². The van der Waals surface area contributed by atoms with E-state index in [4.69, 9.17) is 16.3 Å². The molecule has 0 atom stereocenters. The van der Waals surface area contributed by atoms with Crippen LogP contribution in [0.1, 0.15) is 10.4 Å². The van der Waals surface area contributed by atoms with Crippen molar-refractivity contribution in [2.45, 2.75) is 4.90 Å². The van der Waals surface area contributed by atoms with Gasteiger partial charge in [-0.15, -0.1) is 0 Å². The van der Waals surface area contributed by atoms with E-state index in [9.17, 15) is 17.6 Å². The molecule has 0 unspecified atom stereocenters. The molecule has 0 radical (unpaired) electrons. The summed E-state index contributed by atoms with van der Waals surface area (Å²) in [7, 11) is -2.66. The number of para-hydroxylation sites is 1. The SMILES string of the molecule is COc1ccc(Cl)cc1NC(=O)c1cccc(S(=O)(=O)Nc2ccccc2F)c1. The number of hydrogen-bond donors (Lipinski definition) is 2. The van der Waals surface area contributed by atoms with Crippen LogP contribution in [0.25, 0.3) is 0 Å². The Morgan fingerprint density at radius 2 is 1.76 bits per heavy atom. The van der Waals surface area contributed by atoms with Gasteiger partial charge >= 0.3 is 0 Å². The Morgan fingerprint density at radius 3 is 2.48 bits per heavy atom. The van der Waals surface area contributed by atoms with Gasteiger partial charge in [0, 0.05) is 10.6 Å². The van der Waals surface area contributed by atoms with Crippen LogP contribution in [0.15, 0.2) is 71.6 Å². The molecule has 1 amide bonds. The van der Waals surface area contributed by atoms with E-state index < -0.39 is 21.7 Å². The van der Waals surface area contributed by atoms with E-state index in [2.05, 4.69) is 10.0 Å². The number of nitrogens with one attached hydrogen (secondary N) is 2. The van der Waals surface area contributed by atoms with Gasteiger partial charge in [-0.3, -0.25) is 9.52 Å². The molecule has 0 saturated carbocycles. The summed E-state index contributed by atoms with van der Waals surface area (Å²) in [6, 6.07) is 15.5. The van der Waals surface area contributed by atoms with E-state index >= 15 is 0 Å². The third kappa shape index (κ3) is 4.85. The lowest BCUT2D eigenvalue weighted by Gasteiger charge is -2.12. The summed E-state index contributed by atoms with van der Waals surface area (Å²) >= 11 is 5.95. The first-order valence-electron chi connectivity index (χ1n) is 8.32. The van der Waals surface area contributed by atoms with Gasteiger partial charge in [0.1, 0.15) is 11.6 Å². The van der Waals surface area contributed by atoms with Gasteiger partial charge in [-0.25, -0.2) is 12.8 Å². The van der Waals surface area contributed by atoms with E-state index in [0.717, 1.165) is 6.07 Å². The lowest BCUT2D eigenvalue weighted by atomic mass is 10.2. The molecular weight excluding hydrogens is 419 g/mol. The highest BCUT2D eigenvalue weighted by molar-refractivity contribution is 7.92. The number of rotatable bonds is 6. The molecule has 0 aliphatic heterocycles. The van der Waals surface area contributed by atoms with Gasteiger partial charge in [0.2, 0.25) is 0 Å². The van der Waals surface area contributed by atoms with Gasteiger partial charge in [-0.1, -0.05) is 29.8 Å². The van der Waals surface area contributed by atoms with Crippen LogP contribution < -0.4 is 14.8 Å². The van der Waals surface area contributed by atoms with Crippen molar-refractivity contribution in [1.82, 2.24) is 0 Å². The molecule has 2 N–H and O–H groups in total. The summed E-state index contributed by atoms with van der Waals surface area (Å²) < 4.78 is 46.3. The van der Waals surface area contributed by atoms with Crippen LogP contribution in [-0.4, -0.2) is 21.4 Å². The van der Waals surface area contributed by atoms with Gasteiger partial charge < -0.3 is 10.1 Å². The summed E-state index contributed by atoms with van der Waals surface area (Å²) in [4.78, 5) is 12.4. The van der Waals surface area contributed by atoms with E-state index in [-0.39, 0.29) is 16.1 Å². The fourth-order valence-electron chi connectivity index (χ4n) is 2.52. The zero-order valence-electron chi connectivity index (χ0n) is 15.1. The Hall–Kier alpha value is -3.10. The number of amides is 1. The Morgan fingerprint density at radius 1 is 1.00 bits per heavy atom. The molecule has 0 aromatic heterocycles. The third-order valence-electron chi connectivity index (χ3n) is 3.93. The first kappa shape index (κ1) is 20.6. The van der Waals surface area contributed by atoms with Crippen LogP contribution in [0.2, 0.25) is 5.02 Å². The molecule has 3 aromatic carbocycles. The zero-order chi connectivity index (χ0) is 21.0. The molecule has 150 valence electrons. The summed E-state index contributed by atoms with van der Waals surface area (Å²) in [5, 5.41) is 3.03. The normalized spacial score (nSPS) is 11.0. The van der Waals surface area contributed by atoms with Crippen molar-refractivity contribution in [2.75, 3.05) is 17.1 Å². The number of halogens is 2. The van der Waals surface area contributed by atoms with Crippen LogP contribution in [0.3, 0.4) is 0 Å². The van der Waals surface area contributed by atoms with Crippen LogP contribution in [-0.2, 0) is 10.0 Å². The molecule has 0 saturated heterocycles. The third-order valence-corrected chi connectivity index (χ3v) is 5.53. The highest BCUT2D eigenvalue weighted by Crippen LogP contribution is 2.28. The number of methoxy groups -OCH3 is 1. The van der Waals surface area contributed by atoms with Crippen molar-refractivity contribution in [3.8, 4) is 5.75 Å². The fourth-order valence-corrected chi connectivity index (χ4v) is 3.81. The molecule has 29 heavy (non-hydrogen) atoms. The number of benzene rings is 3. The lowest BCUT2D eigenvalue weighted by Crippen LogP contribution is -2.16. The molecule has 9 heteroatoms. The first-order chi connectivity index (χ1) is 13.8. The van der Waals surface area contributed by atoms with Crippen molar-refractivity contribution in [3.05, 3.63) is 83.1 Å². The molecule has 0 aliphatic rings. The second-order valence-electron chi connectivity index (χ2n) is 5.91. The molecule has 0 bridgehead atoms. The Labute approximate surface area is 172 Å². The number of carbonyl (C=O) groups is 1. The molecule has 3 rings (SSSR count). The maximum absolute atomic E-state index is 13.8. The molecule has 0 aliphatic carbocycles. The monoisotopic (exact) mass is 434 g/mol. The molecule has 0 fully saturated rings. The average Bonchev–Trinajstić information content (AvgIpc) is 2.70. The van der Waals surface area contributed by atoms with Gasteiger partial charge in [-0.2, -0.15) is 0 Å². The predicted molar refractivity (Wildman–Crippen MR) is 110 cm³/mol. The Kier molecular flexibility index (Phi) is 6.05. The summed E-state index contributed by atoms with van der Waals surface area (Å²) in [5.74, 6) is -0.876. The number of hydrogen-bond acceptors (Lipinski definition) is 4. The van der Waals surface area contributed by atoms with Gasteiger partial charge in [-0.05, 0) is 48.5 Å². The lowest BCUT2D eigenvalue weighted by molar-refractivity contribution is 0.102. The predicted octanol–water partition coefficient (Wildman–Crippen LogP) is 4.54. The first-order valence-corrected chi connectivity index (χ1v) is 10.2. The van der Waals surface area contributed by atoms with E-state index in [0.29, 0.717) is 16.5 Å². The van der Waals surface area contributed by atoms with Crippen molar-refractivity contribution in [3.63, 3.8) is 0 Å². The molecular formula is C20H16ClFN2O4S. The highest BCUT2D eigenvalue weighted by Gasteiger charge is 2.18. The number of anilines is 2. The van der Waals surface area contributed by atoms with Crippen molar-refractivity contribution in [2.24, 2.45) is 0 Å². The molecule has 3 aromatic rings.